The molecule has 5 heteroatoms. The van der Waals surface area contributed by atoms with Crippen LogP contribution in [0.3, 0.4) is 0 Å². The minimum atomic E-state index is 0.367. The molecule has 4 heterocycles. The second kappa shape index (κ2) is 5.46. The molecule has 4 aliphatic rings. The van der Waals surface area contributed by atoms with Crippen molar-refractivity contribution in [1.82, 2.24) is 20.7 Å². The molecule has 2 N–H and O–H groups in total. The molecule has 2 atom stereocenters. The van der Waals surface area contributed by atoms with Gasteiger partial charge in [-0.3, -0.25) is 5.01 Å². The molecule has 4 rings (SSSR count). The number of hydrogen-bond acceptors (Lipinski definition) is 5. The van der Waals surface area contributed by atoms with Crippen LogP contribution in [0.25, 0.3) is 0 Å². The van der Waals surface area contributed by atoms with E-state index < -0.39 is 0 Å². The third kappa shape index (κ3) is 2.49. The smallest absolute Gasteiger partial charge is 0.147 e. The van der Waals surface area contributed by atoms with Gasteiger partial charge in [-0.2, -0.15) is 0 Å². The molecular formula is C16H25N5. The van der Waals surface area contributed by atoms with Crippen molar-refractivity contribution in [2.75, 3.05) is 19.6 Å². The van der Waals surface area contributed by atoms with Crippen molar-refractivity contribution in [3.8, 4) is 0 Å². The summed E-state index contributed by atoms with van der Waals surface area (Å²) < 4.78 is 0. The van der Waals surface area contributed by atoms with E-state index in [0.717, 1.165) is 25.5 Å². The molecule has 0 radical (unpaired) electrons. The zero-order valence-electron chi connectivity index (χ0n) is 12.8. The van der Waals surface area contributed by atoms with Crippen LogP contribution in [0, 0.1) is 0 Å². The number of aliphatic imine (C=N–C) groups is 1. The maximum atomic E-state index is 4.92. The topological polar surface area (TPSA) is 42.9 Å². The number of nitrogens with one attached hydrogen (secondary N) is 2. The minimum Gasteiger partial charge on any atom is -0.356 e. The summed E-state index contributed by atoms with van der Waals surface area (Å²) in [5.41, 5.74) is 4.84. The first-order valence-corrected chi connectivity index (χ1v) is 8.34. The second-order valence-electron chi connectivity index (χ2n) is 6.55. The number of nitrogens with zero attached hydrogens (tertiary/aromatic N) is 3. The normalized spacial score (nSPS) is 32.7. The predicted octanol–water partition coefficient (Wildman–Crippen LogP) is 1.57. The molecular weight excluding hydrogens is 262 g/mol. The van der Waals surface area contributed by atoms with Gasteiger partial charge in [0.25, 0.3) is 0 Å². The van der Waals surface area contributed by atoms with Gasteiger partial charge in [0, 0.05) is 30.9 Å². The van der Waals surface area contributed by atoms with Crippen molar-refractivity contribution in [2.24, 2.45) is 4.99 Å². The minimum absolute atomic E-state index is 0.367. The molecule has 0 spiro atoms. The SMILES string of the molecule is CC1=CN2NC(C3CCCCN3)C=C2N=C1N1CCCC1. The highest BCUT2D eigenvalue weighted by Gasteiger charge is 2.32. The molecule has 0 saturated carbocycles. The number of hydrogen-bond donors (Lipinski definition) is 2. The Labute approximate surface area is 126 Å². The van der Waals surface area contributed by atoms with Crippen molar-refractivity contribution in [1.29, 1.82) is 0 Å². The monoisotopic (exact) mass is 287 g/mol. The van der Waals surface area contributed by atoms with E-state index in [1.165, 1.54) is 43.5 Å². The van der Waals surface area contributed by atoms with Crippen LogP contribution in [0.15, 0.2) is 28.7 Å². The van der Waals surface area contributed by atoms with Crippen LogP contribution in [-0.4, -0.2) is 47.5 Å². The first-order chi connectivity index (χ1) is 10.3. The van der Waals surface area contributed by atoms with Gasteiger partial charge < -0.3 is 10.2 Å². The van der Waals surface area contributed by atoms with Gasteiger partial charge in [-0.25, -0.2) is 10.4 Å². The largest absolute Gasteiger partial charge is 0.356 e. The number of amidine groups is 1. The van der Waals surface area contributed by atoms with Crippen molar-refractivity contribution in [3.05, 3.63) is 23.7 Å². The fourth-order valence-electron chi connectivity index (χ4n) is 3.79. The van der Waals surface area contributed by atoms with Gasteiger partial charge in [0.2, 0.25) is 0 Å². The lowest BCUT2D eigenvalue weighted by Gasteiger charge is -2.31. The molecule has 0 aromatic heterocycles. The molecule has 2 saturated heterocycles. The van der Waals surface area contributed by atoms with E-state index >= 15 is 0 Å². The first kappa shape index (κ1) is 13.3. The molecule has 5 nitrogen and oxygen atoms in total. The molecule has 0 bridgehead atoms. The van der Waals surface area contributed by atoms with Crippen LogP contribution in [0.5, 0.6) is 0 Å². The Hall–Kier alpha value is -1.33. The summed E-state index contributed by atoms with van der Waals surface area (Å²) in [5, 5.41) is 5.74. The predicted molar refractivity (Wildman–Crippen MR) is 84.5 cm³/mol. The van der Waals surface area contributed by atoms with E-state index in [-0.39, 0.29) is 0 Å². The Morgan fingerprint density at radius 1 is 1.19 bits per heavy atom. The van der Waals surface area contributed by atoms with Crippen molar-refractivity contribution in [3.63, 3.8) is 0 Å². The van der Waals surface area contributed by atoms with Crippen LogP contribution in [0.4, 0.5) is 0 Å². The second-order valence-corrected chi connectivity index (χ2v) is 6.55. The summed E-state index contributed by atoms with van der Waals surface area (Å²) >= 11 is 0. The van der Waals surface area contributed by atoms with Gasteiger partial charge in [-0.15, -0.1) is 0 Å². The van der Waals surface area contributed by atoms with Crippen molar-refractivity contribution < 1.29 is 0 Å². The molecule has 114 valence electrons. The van der Waals surface area contributed by atoms with E-state index in [2.05, 4.69) is 39.9 Å². The van der Waals surface area contributed by atoms with Crippen molar-refractivity contribution in [2.45, 2.75) is 51.1 Å². The van der Waals surface area contributed by atoms with Crippen LogP contribution < -0.4 is 10.7 Å². The number of fused-ring (bicyclic) bond motifs is 1. The van der Waals surface area contributed by atoms with E-state index in [1.807, 2.05) is 0 Å². The van der Waals surface area contributed by atoms with Crippen LogP contribution in [0.1, 0.15) is 39.0 Å². The van der Waals surface area contributed by atoms with E-state index in [9.17, 15) is 0 Å². The molecule has 0 aromatic carbocycles. The van der Waals surface area contributed by atoms with Gasteiger partial charge in [0.15, 0.2) is 0 Å². The number of hydrazine groups is 1. The highest BCUT2D eigenvalue weighted by atomic mass is 15.6. The Bertz CT molecular complexity index is 495. The van der Waals surface area contributed by atoms with Crippen LogP contribution in [0.2, 0.25) is 0 Å². The Balaban J connectivity index is 1.54. The fraction of sp³-hybridized carbons (Fsp3) is 0.688. The quantitative estimate of drug-likeness (QED) is 0.768. The van der Waals surface area contributed by atoms with Crippen molar-refractivity contribution >= 4 is 5.84 Å². The molecule has 4 aliphatic heterocycles. The number of likely N-dealkylation sites (tertiary alicyclic amines) is 1. The Morgan fingerprint density at radius 3 is 2.81 bits per heavy atom. The molecule has 2 unspecified atom stereocenters. The lowest BCUT2D eigenvalue weighted by molar-refractivity contribution is 0.272. The van der Waals surface area contributed by atoms with E-state index in [4.69, 9.17) is 4.99 Å². The summed E-state index contributed by atoms with van der Waals surface area (Å²) in [5.74, 6) is 2.24. The fourth-order valence-corrected chi connectivity index (χ4v) is 3.79. The summed E-state index contributed by atoms with van der Waals surface area (Å²) in [6, 6.07) is 0.905. The zero-order valence-corrected chi connectivity index (χ0v) is 12.8. The molecule has 0 aliphatic carbocycles. The lowest BCUT2D eigenvalue weighted by atomic mass is 9.98. The molecule has 21 heavy (non-hydrogen) atoms. The third-order valence-electron chi connectivity index (χ3n) is 4.95. The highest BCUT2D eigenvalue weighted by Crippen LogP contribution is 2.26. The average molecular weight is 287 g/mol. The molecule has 0 aromatic rings. The standard InChI is InChI=1S/C16H25N5/c1-12-11-21-15(18-16(12)20-8-4-5-9-20)10-14(19-21)13-6-2-3-7-17-13/h10-11,13-14,17,19H,2-9H2,1H3. The number of piperidine rings is 1. The van der Waals surface area contributed by atoms with Gasteiger partial charge in [-0.1, -0.05) is 6.42 Å². The Morgan fingerprint density at radius 2 is 2.05 bits per heavy atom. The average Bonchev–Trinajstić information content (AvgIpc) is 3.16. The molecule has 0 amide bonds. The van der Waals surface area contributed by atoms with Gasteiger partial charge >= 0.3 is 0 Å². The summed E-state index contributed by atoms with van der Waals surface area (Å²) in [6.45, 7) is 5.61. The maximum Gasteiger partial charge on any atom is 0.147 e. The van der Waals surface area contributed by atoms with Crippen LogP contribution in [-0.2, 0) is 0 Å². The summed E-state index contributed by atoms with van der Waals surface area (Å²) in [6.07, 6.45) is 11.0. The van der Waals surface area contributed by atoms with Gasteiger partial charge in [-0.05, 0) is 45.2 Å². The summed E-state index contributed by atoms with van der Waals surface area (Å²) in [4.78, 5) is 7.35. The Kier molecular flexibility index (Phi) is 3.47. The third-order valence-corrected chi connectivity index (χ3v) is 4.95. The van der Waals surface area contributed by atoms with Gasteiger partial charge in [0.1, 0.15) is 11.7 Å². The van der Waals surface area contributed by atoms with Gasteiger partial charge in [0.05, 0.1) is 6.04 Å². The number of rotatable bonds is 1. The maximum absolute atomic E-state index is 4.92. The van der Waals surface area contributed by atoms with E-state index in [1.54, 1.807) is 0 Å². The zero-order chi connectivity index (χ0) is 14.2. The first-order valence-electron chi connectivity index (χ1n) is 8.34. The van der Waals surface area contributed by atoms with E-state index in [0.29, 0.717) is 12.1 Å². The summed E-state index contributed by atoms with van der Waals surface area (Å²) in [7, 11) is 0. The lowest BCUT2D eigenvalue weighted by Crippen LogP contribution is -2.50. The molecule has 2 fully saturated rings. The highest BCUT2D eigenvalue weighted by molar-refractivity contribution is 5.99. The van der Waals surface area contributed by atoms with Crippen LogP contribution >= 0.6 is 0 Å².